The molecule has 27 heavy (non-hydrogen) atoms. The van der Waals surface area contributed by atoms with Gasteiger partial charge in [-0.05, 0) is 42.8 Å². The molecule has 0 radical (unpaired) electrons. The van der Waals surface area contributed by atoms with Gasteiger partial charge >= 0.3 is 0 Å². The van der Waals surface area contributed by atoms with E-state index < -0.39 is 0 Å². The number of carbonyl (C=O) groups excluding carboxylic acids is 1. The predicted octanol–water partition coefficient (Wildman–Crippen LogP) is 3.56. The molecule has 0 saturated carbocycles. The van der Waals surface area contributed by atoms with Gasteiger partial charge in [0, 0.05) is 17.7 Å². The molecule has 1 heterocycles. The first-order chi connectivity index (χ1) is 13.1. The molecule has 3 rings (SSSR count). The summed E-state index contributed by atoms with van der Waals surface area (Å²) in [5.74, 6) is 7.59. The molecule has 0 fully saturated rings. The summed E-state index contributed by atoms with van der Waals surface area (Å²) in [7, 11) is 1.59. The second-order valence-electron chi connectivity index (χ2n) is 5.76. The summed E-state index contributed by atoms with van der Waals surface area (Å²) in [6, 6.07) is 13.0. The minimum Gasteiger partial charge on any atom is -0.496 e. The molecule has 0 aliphatic heterocycles. The molecule has 0 amide bonds. The lowest BCUT2D eigenvalue weighted by Crippen LogP contribution is -2.12. The lowest BCUT2D eigenvalue weighted by atomic mass is 10.1. The summed E-state index contributed by atoms with van der Waals surface area (Å²) < 4.78 is 19.7. The molecule has 0 unspecified atom stereocenters. The minimum atomic E-state index is -0.352. The predicted molar refractivity (Wildman–Crippen MR) is 103 cm³/mol. The summed E-state index contributed by atoms with van der Waals surface area (Å²) in [5, 5.41) is 8.83. The number of para-hydroxylation sites is 1. The molecule has 8 heteroatoms. The maximum atomic E-state index is 12.9. The molecular weight excluding hydrogens is 367 g/mol. The zero-order chi connectivity index (χ0) is 19.2. The fourth-order valence-corrected chi connectivity index (χ4v) is 3.36. The van der Waals surface area contributed by atoms with Crippen molar-refractivity contribution in [1.82, 2.24) is 14.9 Å². The van der Waals surface area contributed by atoms with Gasteiger partial charge in [-0.1, -0.05) is 23.9 Å². The SMILES string of the molecule is COc1ccccc1-c1nnc(SCCCC(=O)c2ccc(F)cc2)n1N. The number of thioether (sulfide) groups is 1. The molecule has 140 valence electrons. The molecule has 0 aliphatic carbocycles. The number of halogens is 1. The molecule has 0 aliphatic rings. The summed E-state index contributed by atoms with van der Waals surface area (Å²) in [5.41, 5.74) is 1.27. The van der Waals surface area contributed by atoms with Crippen LogP contribution in [0.3, 0.4) is 0 Å². The fourth-order valence-electron chi connectivity index (χ4n) is 2.56. The van der Waals surface area contributed by atoms with Gasteiger partial charge in [0.15, 0.2) is 11.6 Å². The smallest absolute Gasteiger partial charge is 0.210 e. The number of carbonyl (C=O) groups is 1. The molecule has 0 atom stereocenters. The second-order valence-corrected chi connectivity index (χ2v) is 6.82. The van der Waals surface area contributed by atoms with Crippen molar-refractivity contribution in [3.8, 4) is 17.1 Å². The maximum absolute atomic E-state index is 12.9. The Bertz CT molecular complexity index is 928. The van der Waals surface area contributed by atoms with E-state index in [1.54, 1.807) is 7.11 Å². The Morgan fingerprint density at radius 2 is 1.93 bits per heavy atom. The number of aromatic nitrogens is 3. The van der Waals surface area contributed by atoms with Gasteiger partial charge in [0.2, 0.25) is 5.16 Å². The Balaban J connectivity index is 1.57. The lowest BCUT2D eigenvalue weighted by molar-refractivity contribution is 0.0982. The number of hydrogen-bond acceptors (Lipinski definition) is 6. The number of benzene rings is 2. The lowest BCUT2D eigenvalue weighted by Gasteiger charge is -2.07. The molecular formula is C19H19FN4O2S. The third-order valence-corrected chi connectivity index (χ3v) is 4.99. The van der Waals surface area contributed by atoms with Crippen LogP contribution in [-0.2, 0) is 0 Å². The van der Waals surface area contributed by atoms with Crippen LogP contribution in [0.25, 0.3) is 11.4 Å². The third-order valence-electron chi connectivity index (χ3n) is 3.96. The molecule has 1 aromatic heterocycles. The Kier molecular flexibility index (Phi) is 6.08. The quantitative estimate of drug-likeness (QED) is 0.276. The van der Waals surface area contributed by atoms with Gasteiger partial charge in [-0.2, -0.15) is 0 Å². The van der Waals surface area contributed by atoms with Crippen molar-refractivity contribution in [1.29, 1.82) is 0 Å². The number of ether oxygens (including phenoxy) is 1. The highest BCUT2D eigenvalue weighted by atomic mass is 32.2. The minimum absolute atomic E-state index is 0.0143. The number of ketones is 1. The van der Waals surface area contributed by atoms with Gasteiger partial charge in [-0.3, -0.25) is 4.79 Å². The first-order valence-electron chi connectivity index (χ1n) is 8.35. The average molecular weight is 386 g/mol. The van der Waals surface area contributed by atoms with Gasteiger partial charge in [-0.25, -0.2) is 9.07 Å². The monoisotopic (exact) mass is 386 g/mol. The number of Topliss-reactive ketones (excluding diaryl/α,β-unsaturated/α-hetero) is 1. The van der Waals surface area contributed by atoms with Crippen LogP contribution < -0.4 is 10.6 Å². The zero-order valence-electron chi connectivity index (χ0n) is 14.8. The first kappa shape index (κ1) is 18.9. The van der Waals surface area contributed by atoms with Crippen molar-refractivity contribution in [2.75, 3.05) is 18.7 Å². The van der Waals surface area contributed by atoms with E-state index in [1.807, 2.05) is 24.3 Å². The largest absolute Gasteiger partial charge is 0.496 e. The highest BCUT2D eigenvalue weighted by Gasteiger charge is 2.15. The number of nitrogen functional groups attached to an aromatic ring is 1. The summed E-state index contributed by atoms with van der Waals surface area (Å²) in [6.07, 6.45) is 1.02. The second kappa shape index (κ2) is 8.68. The van der Waals surface area contributed by atoms with Gasteiger partial charge in [0.25, 0.3) is 0 Å². The molecule has 2 N–H and O–H groups in total. The van der Waals surface area contributed by atoms with Crippen molar-refractivity contribution in [2.45, 2.75) is 18.0 Å². The summed E-state index contributed by atoms with van der Waals surface area (Å²) >= 11 is 1.43. The van der Waals surface area contributed by atoms with Crippen molar-refractivity contribution in [3.63, 3.8) is 0 Å². The average Bonchev–Trinajstić information content (AvgIpc) is 3.06. The Morgan fingerprint density at radius 1 is 1.19 bits per heavy atom. The van der Waals surface area contributed by atoms with Crippen LogP contribution in [0.1, 0.15) is 23.2 Å². The number of rotatable bonds is 8. The highest BCUT2D eigenvalue weighted by Crippen LogP contribution is 2.29. The van der Waals surface area contributed by atoms with Crippen LogP contribution in [0, 0.1) is 5.82 Å². The van der Waals surface area contributed by atoms with Crippen LogP contribution in [0.5, 0.6) is 5.75 Å². The third kappa shape index (κ3) is 4.46. The van der Waals surface area contributed by atoms with E-state index in [9.17, 15) is 9.18 Å². The van der Waals surface area contributed by atoms with Crippen molar-refractivity contribution >= 4 is 17.5 Å². The Hall–Kier alpha value is -2.87. The number of nitrogens with zero attached hydrogens (tertiary/aromatic N) is 3. The molecule has 0 bridgehead atoms. The van der Waals surface area contributed by atoms with Gasteiger partial charge in [0.1, 0.15) is 11.6 Å². The topological polar surface area (TPSA) is 83.0 Å². The van der Waals surface area contributed by atoms with E-state index in [4.69, 9.17) is 10.6 Å². The van der Waals surface area contributed by atoms with E-state index in [-0.39, 0.29) is 11.6 Å². The van der Waals surface area contributed by atoms with Crippen molar-refractivity contribution in [2.24, 2.45) is 0 Å². The van der Waals surface area contributed by atoms with Crippen LogP contribution in [0.15, 0.2) is 53.7 Å². The van der Waals surface area contributed by atoms with E-state index in [1.165, 1.54) is 40.7 Å². The number of nitrogens with two attached hydrogens (primary N) is 1. The van der Waals surface area contributed by atoms with E-state index >= 15 is 0 Å². The van der Waals surface area contributed by atoms with E-state index in [2.05, 4.69) is 10.2 Å². The van der Waals surface area contributed by atoms with Gasteiger partial charge in [0.05, 0.1) is 12.7 Å². The standard InChI is InChI=1S/C19H19FN4O2S/c1-26-17-7-3-2-5-15(17)18-22-23-19(24(18)21)27-12-4-6-16(25)13-8-10-14(20)11-9-13/h2-3,5,7-11H,4,6,12,21H2,1H3. The van der Waals surface area contributed by atoms with Crippen molar-refractivity contribution < 1.29 is 13.9 Å². The summed E-state index contributed by atoms with van der Waals surface area (Å²) in [6.45, 7) is 0. The highest BCUT2D eigenvalue weighted by molar-refractivity contribution is 7.99. The first-order valence-corrected chi connectivity index (χ1v) is 9.34. The Morgan fingerprint density at radius 3 is 2.67 bits per heavy atom. The Labute approximate surface area is 160 Å². The molecule has 6 nitrogen and oxygen atoms in total. The van der Waals surface area contributed by atoms with Crippen LogP contribution in [-0.4, -0.2) is 33.5 Å². The molecule has 0 saturated heterocycles. The number of methoxy groups -OCH3 is 1. The molecule has 2 aromatic carbocycles. The van der Waals surface area contributed by atoms with Crippen LogP contribution >= 0.6 is 11.8 Å². The van der Waals surface area contributed by atoms with Gasteiger partial charge in [-0.15, -0.1) is 10.2 Å². The van der Waals surface area contributed by atoms with Crippen LogP contribution in [0.4, 0.5) is 4.39 Å². The van der Waals surface area contributed by atoms with Gasteiger partial charge < -0.3 is 10.6 Å². The molecule has 3 aromatic rings. The normalized spacial score (nSPS) is 10.7. The zero-order valence-corrected chi connectivity index (χ0v) is 15.6. The molecule has 0 spiro atoms. The maximum Gasteiger partial charge on any atom is 0.210 e. The van der Waals surface area contributed by atoms with Crippen molar-refractivity contribution in [3.05, 3.63) is 59.9 Å². The van der Waals surface area contributed by atoms with Crippen LogP contribution in [0.2, 0.25) is 0 Å². The number of hydrogen-bond donors (Lipinski definition) is 1. The van der Waals surface area contributed by atoms with E-state index in [0.717, 1.165) is 5.56 Å². The summed E-state index contributed by atoms with van der Waals surface area (Å²) in [4.78, 5) is 12.1. The fraction of sp³-hybridized carbons (Fsp3) is 0.211. The van der Waals surface area contributed by atoms with E-state index in [0.29, 0.717) is 40.9 Å².